The molecule has 1 aromatic carbocycles. The Morgan fingerprint density at radius 1 is 1.29 bits per heavy atom. The van der Waals surface area contributed by atoms with Crippen LogP contribution >= 0.6 is 0 Å². The normalized spacial score (nSPS) is 18.9. The molecule has 0 atom stereocenters. The minimum atomic E-state index is 0.706. The molecule has 1 fully saturated rings. The molecular formula is C11H12N3. The van der Waals surface area contributed by atoms with Crippen LogP contribution in [0.5, 0.6) is 0 Å². The van der Waals surface area contributed by atoms with Gasteiger partial charge in [0.05, 0.1) is 0 Å². The average molecular weight is 186 g/mol. The summed E-state index contributed by atoms with van der Waals surface area (Å²) in [7, 11) is 0. The van der Waals surface area contributed by atoms with Crippen LogP contribution in [0, 0.1) is 6.92 Å². The first kappa shape index (κ1) is 7.97. The second-order valence-corrected chi connectivity index (χ2v) is 4.08. The van der Waals surface area contributed by atoms with E-state index in [0.717, 1.165) is 11.4 Å². The number of fused-ring (bicyclic) bond motifs is 1. The highest BCUT2D eigenvalue weighted by Crippen LogP contribution is 2.46. The molecule has 1 aliphatic heterocycles. The lowest BCUT2D eigenvalue weighted by atomic mass is 9.77. The highest BCUT2D eigenvalue weighted by atomic mass is 15.5. The Bertz CT molecular complexity index is 405. The first-order chi connectivity index (χ1) is 6.86. The van der Waals surface area contributed by atoms with Crippen LogP contribution in [0.2, 0.25) is 0 Å². The predicted octanol–water partition coefficient (Wildman–Crippen LogP) is 3.51. The Morgan fingerprint density at radius 3 is 2.86 bits per heavy atom. The fourth-order valence-corrected chi connectivity index (χ4v) is 2.21. The number of benzene rings is 1. The van der Waals surface area contributed by atoms with Crippen molar-refractivity contribution in [2.75, 3.05) is 0 Å². The van der Waals surface area contributed by atoms with Crippen LogP contribution in [0.15, 0.2) is 22.5 Å². The first-order valence-corrected chi connectivity index (χ1v) is 5.11. The Balaban J connectivity index is 2.15. The van der Waals surface area contributed by atoms with Gasteiger partial charge in [0.2, 0.25) is 0 Å². The lowest BCUT2D eigenvalue weighted by molar-refractivity contribution is 0.419. The minimum Gasteiger partial charge on any atom is -0.128 e. The third-order valence-corrected chi connectivity index (χ3v) is 3.22. The van der Waals surface area contributed by atoms with Crippen LogP contribution in [-0.4, -0.2) is 0 Å². The maximum Gasteiger partial charge on any atom is 0.119 e. The van der Waals surface area contributed by atoms with Gasteiger partial charge in [-0.3, -0.25) is 0 Å². The van der Waals surface area contributed by atoms with Crippen LogP contribution in [0.1, 0.15) is 36.3 Å². The minimum absolute atomic E-state index is 0.706. The summed E-state index contributed by atoms with van der Waals surface area (Å²) in [6.07, 6.45) is 3.95. The van der Waals surface area contributed by atoms with Gasteiger partial charge in [-0.15, -0.1) is 10.5 Å². The molecule has 0 amide bonds. The van der Waals surface area contributed by atoms with Crippen molar-refractivity contribution in [2.45, 2.75) is 32.1 Å². The van der Waals surface area contributed by atoms with E-state index in [4.69, 9.17) is 0 Å². The summed E-state index contributed by atoms with van der Waals surface area (Å²) in [6.45, 7) is 2.15. The van der Waals surface area contributed by atoms with Crippen molar-refractivity contribution in [2.24, 2.45) is 10.3 Å². The molecule has 0 spiro atoms. The van der Waals surface area contributed by atoms with Crippen molar-refractivity contribution < 1.29 is 0 Å². The SMILES string of the molecule is Cc1ccc2c(c1C1CCC1)N=N[N]2. The molecule has 0 N–H and O–H groups in total. The average Bonchev–Trinajstić information content (AvgIpc) is 2.54. The molecule has 3 heteroatoms. The Labute approximate surface area is 83.2 Å². The Morgan fingerprint density at radius 2 is 2.14 bits per heavy atom. The molecule has 71 valence electrons. The van der Waals surface area contributed by atoms with Gasteiger partial charge in [0.1, 0.15) is 11.4 Å². The van der Waals surface area contributed by atoms with Crippen molar-refractivity contribution in [1.29, 1.82) is 0 Å². The van der Waals surface area contributed by atoms with Crippen LogP contribution < -0.4 is 5.43 Å². The highest BCUT2D eigenvalue weighted by Gasteiger charge is 2.27. The highest BCUT2D eigenvalue weighted by molar-refractivity contribution is 5.69. The van der Waals surface area contributed by atoms with Crippen LogP contribution in [0.4, 0.5) is 11.4 Å². The quantitative estimate of drug-likeness (QED) is 0.643. The molecule has 0 bridgehead atoms. The summed E-state index contributed by atoms with van der Waals surface area (Å²) in [5, 5.41) is 7.87. The predicted molar refractivity (Wildman–Crippen MR) is 54.1 cm³/mol. The van der Waals surface area contributed by atoms with Gasteiger partial charge in [-0.2, -0.15) is 0 Å². The number of hydrogen-bond acceptors (Lipinski definition) is 2. The summed E-state index contributed by atoms with van der Waals surface area (Å²) in [4.78, 5) is 0. The van der Waals surface area contributed by atoms with Gasteiger partial charge < -0.3 is 0 Å². The fourth-order valence-electron chi connectivity index (χ4n) is 2.21. The van der Waals surface area contributed by atoms with E-state index in [-0.39, 0.29) is 0 Å². The van der Waals surface area contributed by atoms with Gasteiger partial charge in [-0.05, 0) is 48.1 Å². The van der Waals surface area contributed by atoms with Crippen LogP contribution in [0.3, 0.4) is 0 Å². The second kappa shape index (κ2) is 2.80. The molecule has 14 heavy (non-hydrogen) atoms. The van der Waals surface area contributed by atoms with E-state index in [1.54, 1.807) is 0 Å². The van der Waals surface area contributed by atoms with Gasteiger partial charge in [0, 0.05) is 0 Å². The number of nitrogens with zero attached hydrogens (tertiary/aromatic N) is 3. The monoisotopic (exact) mass is 186 g/mol. The van der Waals surface area contributed by atoms with Crippen molar-refractivity contribution in [1.82, 2.24) is 5.43 Å². The third-order valence-electron chi connectivity index (χ3n) is 3.22. The molecule has 1 aliphatic carbocycles. The maximum atomic E-state index is 4.12. The lowest BCUT2D eigenvalue weighted by Crippen LogP contribution is -2.10. The molecule has 1 aromatic rings. The molecule has 1 saturated carbocycles. The van der Waals surface area contributed by atoms with Crippen LogP contribution in [-0.2, 0) is 0 Å². The van der Waals surface area contributed by atoms with E-state index in [0.29, 0.717) is 5.92 Å². The van der Waals surface area contributed by atoms with Crippen molar-refractivity contribution in [3.05, 3.63) is 23.3 Å². The van der Waals surface area contributed by atoms with E-state index in [1.165, 1.54) is 30.4 Å². The number of aryl methyl sites for hydroxylation is 1. The molecule has 0 unspecified atom stereocenters. The van der Waals surface area contributed by atoms with Crippen molar-refractivity contribution in [3.63, 3.8) is 0 Å². The van der Waals surface area contributed by atoms with Gasteiger partial charge in [0.15, 0.2) is 0 Å². The topological polar surface area (TPSA) is 38.8 Å². The molecule has 0 aromatic heterocycles. The summed E-state index contributed by atoms with van der Waals surface area (Å²) >= 11 is 0. The summed E-state index contributed by atoms with van der Waals surface area (Å²) in [5.74, 6) is 0.706. The maximum absolute atomic E-state index is 4.12. The van der Waals surface area contributed by atoms with E-state index in [2.05, 4.69) is 28.8 Å². The van der Waals surface area contributed by atoms with Crippen molar-refractivity contribution >= 4 is 11.4 Å². The zero-order valence-electron chi connectivity index (χ0n) is 8.20. The summed E-state index contributed by atoms with van der Waals surface area (Å²) in [6, 6.07) is 4.14. The Hall–Kier alpha value is -1.38. The van der Waals surface area contributed by atoms with E-state index in [1.807, 2.05) is 6.07 Å². The molecule has 2 aliphatic rings. The van der Waals surface area contributed by atoms with Gasteiger partial charge in [-0.25, -0.2) is 0 Å². The van der Waals surface area contributed by atoms with E-state index < -0.39 is 0 Å². The molecule has 0 saturated heterocycles. The Kier molecular flexibility index (Phi) is 1.60. The van der Waals surface area contributed by atoms with Gasteiger partial charge in [-0.1, -0.05) is 12.5 Å². The molecule has 3 rings (SSSR count). The molecule has 1 heterocycles. The molecular weight excluding hydrogens is 174 g/mol. The largest absolute Gasteiger partial charge is 0.128 e. The van der Waals surface area contributed by atoms with Crippen molar-refractivity contribution in [3.8, 4) is 0 Å². The molecule has 3 nitrogen and oxygen atoms in total. The smallest absolute Gasteiger partial charge is 0.119 e. The van der Waals surface area contributed by atoms with Gasteiger partial charge in [0.25, 0.3) is 0 Å². The van der Waals surface area contributed by atoms with E-state index >= 15 is 0 Å². The number of rotatable bonds is 1. The molecule has 1 radical (unpaired) electrons. The lowest BCUT2D eigenvalue weighted by Gasteiger charge is -2.28. The standard InChI is InChI=1S/C11H12N3/c1-7-5-6-9-11(13-14-12-9)10(7)8-3-2-4-8/h5-6,8H,2-4H2,1H3. The van der Waals surface area contributed by atoms with Gasteiger partial charge >= 0.3 is 0 Å². The fraction of sp³-hybridized carbons (Fsp3) is 0.455. The first-order valence-electron chi connectivity index (χ1n) is 5.11. The van der Waals surface area contributed by atoms with E-state index in [9.17, 15) is 0 Å². The number of hydrogen-bond donors (Lipinski definition) is 0. The summed E-state index contributed by atoms with van der Waals surface area (Å²) < 4.78 is 0. The zero-order chi connectivity index (χ0) is 9.54. The zero-order valence-corrected chi connectivity index (χ0v) is 8.20. The summed E-state index contributed by atoms with van der Waals surface area (Å²) in [5.41, 5.74) is 8.69. The van der Waals surface area contributed by atoms with Crippen LogP contribution in [0.25, 0.3) is 0 Å². The second-order valence-electron chi connectivity index (χ2n) is 4.08. The third kappa shape index (κ3) is 0.983.